The summed E-state index contributed by atoms with van der Waals surface area (Å²) in [7, 11) is 1.71. The summed E-state index contributed by atoms with van der Waals surface area (Å²) in [5.41, 5.74) is 2.49. The number of nitrogens with one attached hydrogen (secondary N) is 1. The lowest BCUT2D eigenvalue weighted by Crippen LogP contribution is -2.25. The number of methoxy groups -OCH3 is 1. The zero-order valence-electron chi connectivity index (χ0n) is 12.5. The Kier molecular flexibility index (Phi) is 4.11. The molecule has 1 unspecified atom stereocenters. The Morgan fingerprint density at radius 3 is 2.81 bits per heavy atom. The molecule has 2 atom stereocenters. The second kappa shape index (κ2) is 6.19. The molecule has 0 spiro atoms. The van der Waals surface area contributed by atoms with E-state index in [0.717, 1.165) is 24.7 Å². The molecule has 3 rings (SSSR count). The molecule has 0 bridgehead atoms. The number of hydrogen-bond acceptors (Lipinski definition) is 3. The fourth-order valence-electron chi connectivity index (χ4n) is 2.85. The van der Waals surface area contributed by atoms with Crippen molar-refractivity contribution in [1.82, 2.24) is 5.32 Å². The largest absolute Gasteiger partial charge is 0.496 e. The Hall–Kier alpha value is -2.00. The molecule has 110 valence electrons. The van der Waals surface area contributed by atoms with Gasteiger partial charge in [0.25, 0.3) is 0 Å². The average molecular weight is 283 g/mol. The molecule has 0 saturated carbocycles. The van der Waals surface area contributed by atoms with Gasteiger partial charge in [0.05, 0.1) is 13.7 Å². The summed E-state index contributed by atoms with van der Waals surface area (Å²) in [5.74, 6) is 2.37. The lowest BCUT2D eigenvalue weighted by atomic mass is 10.00. The topological polar surface area (TPSA) is 30.5 Å². The van der Waals surface area contributed by atoms with Gasteiger partial charge in [-0.15, -0.1) is 0 Å². The smallest absolute Gasteiger partial charge is 0.123 e. The van der Waals surface area contributed by atoms with Crippen molar-refractivity contribution in [1.29, 1.82) is 0 Å². The first-order valence-corrected chi connectivity index (χ1v) is 7.37. The van der Waals surface area contributed by atoms with Crippen molar-refractivity contribution in [3.8, 4) is 11.5 Å². The molecule has 0 saturated heterocycles. The van der Waals surface area contributed by atoms with Crippen LogP contribution in [0, 0.1) is 0 Å². The van der Waals surface area contributed by atoms with E-state index in [-0.39, 0.29) is 6.04 Å². The monoisotopic (exact) mass is 283 g/mol. The normalized spacial score (nSPS) is 17.9. The second-order valence-corrected chi connectivity index (χ2v) is 5.42. The highest BCUT2D eigenvalue weighted by Crippen LogP contribution is 2.33. The van der Waals surface area contributed by atoms with Crippen molar-refractivity contribution in [2.75, 3.05) is 20.3 Å². The van der Waals surface area contributed by atoms with Crippen LogP contribution >= 0.6 is 0 Å². The highest BCUT2D eigenvalue weighted by atomic mass is 16.5. The lowest BCUT2D eigenvalue weighted by Gasteiger charge is -2.19. The van der Waals surface area contributed by atoms with Gasteiger partial charge in [-0.1, -0.05) is 36.4 Å². The molecule has 2 aromatic carbocycles. The summed E-state index contributed by atoms with van der Waals surface area (Å²) in [5, 5.41) is 3.60. The Balaban J connectivity index is 1.66. The number of fused-ring (bicyclic) bond motifs is 1. The van der Waals surface area contributed by atoms with E-state index < -0.39 is 0 Å². The van der Waals surface area contributed by atoms with Crippen molar-refractivity contribution >= 4 is 0 Å². The Labute approximate surface area is 125 Å². The van der Waals surface area contributed by atoms with E-state index in [1.807, 2.05) is 30.3 Å². The molecule has 0 radical (unpaired) electrons. The van der Waals surface area contributed by atoms with E-state index in [0.29, 0.717) is 5.92 Å². The maximum Gasteiger partial charge on any atom is 0.123 e. The Morgan fingerprint density at radius 1 is 1.19 bits per heavy atom. The third-order valence-electron chi connectivity index (χ3n) is 4.07. The van der Waals surface area contributed by atoms with Gasteiger partial charge in [-0.25, -0.2) is 0 Å². The third-order valence-corrected chi connectivity index (χ3v) is 4.07. The van der Waals surface area contributed by atoms with Crippen LogP contribution in [-0.2, 0) is 0 Å². The highest BCUT2D eigenvalue weighted by molar-refractivity contribution is 5.40. The standard InChI is InChI=1S/C18H21NO2/c1-13(15-7-3-5-9-17(15)20-2)19-11-14-12-21-18-10-6-4-8-16(14)18/h3-10,13-14,19H,11-12H2,1-2H3/t13-,14?/m1/s1. The van der Waals surface area contributed by atoms with E-state index in [1.54, 1.807) is 7.11 Å². The zero-order valence-corrected chi connectivity index (χ0v) is 12.5. The predicted octanol–water partition coefficient (Wildman–Crippen LogP) is 3.52. The number of rotatable bonds is 5. The van der Waals surface area contributed by atoms with E-state index in [4.69, 9.17) is 9.47 Å². The second-order valence-electron chi connectivity index (χ2n) is 5.42. The summed E-state index contributed by atoms with van der Waals surface area (Å²) < 4.78 is 11.2. The van der Waals surface area contributed by atoms with Crippen LogP contribution in [0.25, 0.3) is 0 Å². The predicted molar refractivity (Wildman–Crippen MR) is 84.1 cm³/mol. The molecule has 2 aromatic rings. The summed E-state index contributed by atoms with van der Waals surface area (Å²) in [6.45, 7) is 3.82. The van der Waals surface area contributed by atoms with Crippen LogP contribution in [0.5, 0.6) is 11.5 Å². The van der Waals surface area contributed by atoms with Gasteiger partial charge in [-0.3, -0.25) is 0 Å². The molecule has 3 nitrogen and oxygen atoms in total. The van der Waals surface area contributed by atoms with Crippen molar-refractivity contribution in [3.05, 3.63) is 59.7 Å². The molecule has 0 amide bonds. The van der Waals surface area contributed by atoms with Crippen molar-refractivity contribution in [2.45, 2.75) is 18.9 Å². The summed E-state index contributed by atoms with van der Waals surface area (Å²) >= 11 is 0. The number of benzene rings is 2. The highest BCUT2D eigenvalue weighted by Gasteiger charge is 2.24. The van der Waals surface area contributed by atoms with Crippen molar-refractivity contribution < 1.29 is 9.47 Å². The fraction of sp³-hybridized carbons (Fsp3) is 0.333. The first kappa shape index (κ1) is 14.0. The van der Waals surface area contributed by atoms with E-state index in [2.05, 4.69) is 30.4 Å². The van der Waals surface area contributed by atoms with Gasteiger partial charge in [-0.05, 0) is 19.1 Å². The van der Waals surface area contributed by atoms with E-state index in [1.165, 1.54) is 11.1 Å². The molecule has 3 heteroatoms. The van der Waals surface area contributed by atoms with Crippen LogP contribution in [0.3, 0.4) is 0 Å². The molecule has 21 heavy (non-hydrogen) atoms. The number of hydrogen-bond donors (Lipinski definition) is 1. The van der Waals surface area contributed by atoms with Gasteiger partial charge in [0.2, 0.25) is 0 Å². The van der Waals surface area contributed by atoms with Crippen molar-refractivity contribution in [2.24, 2.45) is 0 Å². The maximum absolute atomic E-state index is 5.73. The minimum Gasteiger partial charge on any atom is -0.496 e. The summed E-state index contributed by atoms with van der Waals surface area (Å²) in [6, 6.07) is 16.7. The zero-order chi connectivity index (χ0) is 14.7. The number of ether oxygens (including phenoxy) is 2. The van der Waals surface area contributed by atoms with Crippen LogP contribution in [0.15, 0.2) is 48.5 Å². The molecule has 0 aromatic heterocycles. The quantitative estimate of drug-likeness (QED) is 0.910. The molecule has 1 heterocycles. The first-order chi connectivity index (χ1) is 10.3. The molecular weight excluding hydrogens is 262 g/mol. The minimum absolute atomic E-state index is 0.244. The average Bonchev–Trinajstić information content (AvgIpc) is 2.96. The molecule has 0 fully saturated rings. The van der Waals surface area contributed by atoms with Crippen LogP contribution in [0.4, 0.5) is 0 Å². The van der Waals surface area contributed by atoms with Gasteiger partial charge < -0.3 is 14.8 Å². The van der Waals surface area contributed by atoms with Crippen molar-refractivity contribution in [3.63, 3.8) is 0 Å². The number of para-hydroxylation sites is 2. The maximum atomic E-state index is 5.73. The Bertz CT molecular complexity index is 612. The van der Waals surface area contributed by atoms with Crippen LogP contribution in [-0.4, -0.2) is 20.3 Å². The first-order valence-electron chi connectivity index (χ1n) is 7.37. The van der Waals surface area contributed by atoms with Crippen LogP contribution in [0.2, 0.25) is 0 Å². The van der Waals surface area contributed by atoms with Crippen LogP contribution < -0.4 is 14.8 Å². The van der Waals surface area contributed by atoms with Gasteiger partial charge in [-0.2, -0.15) is 0 Å². The van der Waals surface area contributed by atoms with Gasteiger partial charge in [0.15, 0.2) is 0 Å². The van der Waals surface area contributed by atoms with E-state index >= 15 is 0 Å². The summed E-state index contributed by atoms with van der Waals surface area (Å²) in [4.78, 5) is 0. The third kappa shape index (κ3) is 2.88. The molecule has 1 N–H and O–H groups in total. The van der Waals surface area contributed by atoms with Gasteiger partial charge in [0, 0.05) is 29.6 Å². The Morgan fingerprint density at radius 2 is 1.95 bits per heavy atom. The fourth-order valence-corrected chi connectivity index (χ4v) is 2.85. The van der Waals surface area contributed by atoms with Crippen LogP contribution in [0.1, 0.15) is 30.0 Å². The minimum atomic E-state index is 0.244. The van der Waals surface area contributed by atoms with Gasteiger partial charge >= 0.3 is 0 Å². The van der Waals surface area contributed by atoms with E-state index in [9.17, 15) is 0 Å². The van der Waals surface area contributed by atoms with Gasteiger partial charge in [0.1, 0.15) is 11.5 Å². The molecule has 0 aliphatic carbocycles. The lowest BCUT2D eigenvalue weighted by molar-refractivity contribution is 0.322. The summed E-state index contributed by atoms with van der Waals surface area (Å²) in [6.07, 6.45) is 0. The molecule has 1 aliphatic heterocycles. The molecule has 1 aliphatic rings. The molecular formula is C18H21NO2. The SMILES string of the molecule is COc1ccccc1[C@@H](C)NCC1COc2ccccc21.